The zero-order valence-corrected chi connectivity index (χ0v) is 6.70. The van der Waals surface area contributed by atoms with E-state index in [1.54, 1.807) is 13.0 Å². The summed E-state index contributed by atoms with van der Waals surface area (Å²) in [5, 5.41) is 10.2. The van der Waals surface area contributed by atoms with E-state index in [-0.39, 0.29) is 5.70 Å². The lowest BCUT2D eigenvalue weighted by atomic mass is 10.2. The Morgan fingerprint density at radius 2 is 2.18 bits per heavy atom. The van der Waals surface area contributed by atoms with Crippen molar-refractivity contribution in [3.8, 4) is 0 Å². The lowest BCUT2D eigenvalue weighted by molar-refractivity contribution is -0.419. The molecule has 0 unspecified atom stereocenters. The van der Waals surface area contributed by atoms with Gasteiger partial charge < -0.3 is 0 Å². The molecule has 0 fully saturated rings. The molecule has 0 spiro atoms. The van der Waals surface area contributed by atoms with Crippen LogP contribution < -0.4 is 0 Å². The summed E-state index contributed by atoms with van der Waals surface area (Å²) in [7, 11) is 0. The molecule has 0 rings (SSSR count). The highest BCUT2D eigenvalue weighted by atomic mass is 16.6. The Kier molecular flexibility index (Phi) is 3.88. The van der Waals surface area contributed by atoms with Crippen molar-refractivity contribution in [1.82, 2.24) is 0 Å². The topological polar surface area (TPSA) is 43.1 Å². The van der Waals surface area contributed by atoms with Crippen molar-refractivity contribution >= 4 is 0 Å². The van der Waals surface area contributed by atoms with E-state index < -0.39 is 4.92 Å². The minimum Gasteiger partial charge on any atom is -0.258 e. The van der Waals surface area contributed by atoms with Crippen LogP contribution >= 0.6 is 0 Å². The maximum absolute atomic E-state index is 10.2. The molecule has 0 aliphatic rings. The van der Waals surface area contributed by atoms with Crippen molar-refractivity contribution in [2.45, 2.75) is 13.8 Å². The van der Waals surface area contributed by atoms with Gasteiger partial charge in [0.15, 0.2) is 0 Å². The smallest absolute Gasteiger partial charge is 0.258 e. The Balaban J connectivity index is 4.62. The second kappa shape index (κ2) is 4.44. The van der Waals surface area contributed by atoms with Crippen LogP contribution in [0.3, 0.4) is 0 Å². The van der Waals surface area contributed by atoms with E-state index in [4.69, 9.17) is 0 Å². The van der Waals surface area contributed by atoms with Gasteiger partial charge in [-0.2, -0.15) is 0 Å². The van der Waals surface area contributed by atoms with Crippen LogP contribution in [0.4, 0.5) is 0 Å². The van der Waals surface area contributed by atoms with E-state index in [0.717, 1.165) is 5.57 Å². The summed E-state index contributed by atoms with van der Waals surface area (Å²) in [5.74, 6) is 0. The van der Waals surface area contributed by atoms with Gasteiger partial charge >= 0.3 is 0 Å². The Hall–Kier alpha value is -1.38. The summed E-state index contributed by atoms with van der Waals surface area (Å²) in [4.78, 5) is 9.76. The fourth-order valence-electron chi connectivity index (χ4n) is 0.503. The largest absolute Gasteiger partial charge is 0.269 e. The van der Waals surface area contributed by atoms with Crippen LogP contribution in [0.1, 0.15) is 13.8 Å². The summed E-state index contributed by atoms with van der Waals surface area (Å²) < 4.78 is 0. The van der Waals surface area contributed by atoms with Crippen molar-refractivity contribution < 1.29 is 4.92 Å². The van der Waals surface area contributed by atoms with Crippen molar-refractivity contribution in [3.05, 3.63) is 46.2 Å². The van der Waals surface area contributed by atoms with Crippen molar-refractivity contribution in [2.24, 2.45) is 0 Å². The van der Waals surface area contributed by atoms with E-state index in [2.05, 4.69) is 6.58 Å². The van der Waals surface area contributed by atoms with Crippen LogP contribution in [-0.4, -0.2) is 4.92 Å². The molecule has 3 heteroatoms. The van der Waals surface area contributed by atoms with Crippen LogP contribution in [0.15, 0.2) is 36.1 Å². The van der Waals surface area contributed by atoms with Gasteiger partial charge in [0.2, 0.25) is 0 Å². The maximum atomic E-state index is 10.2. The van der Waals surface area contributed by atoms with Crippen molar-refractivity contribution in [3.63, 3.8) is 0 Å². The molecule has 0 aromatic heterocycles. The molecular formula is C8H11NO2. The molecule has 60 valence electrons. The minimum atomic E-state index is -0.458. The normalized spacial score (nSPS) is 12.9. The number of nitro groups is 1. The summed E-state index contributed by atoms with van der Waals surface area (Å²) in [6, 6.07) is 0. The quantitative estimate of drug-likeness (QED) is 0.354. The third-order valence-electron chi connectivity index (χ3n) is 1.25. The lowest BCUT2D eigenvalue weighted by Gasteiger charge is -1.90. The molecule has 0 saturated heterocycles. The van der Waals surface area contributed by atoms with E-state index in [1.165, 1.54) is 12.2 Å². The number of nitrogens with zero attached hydrogens (tertiary/aromatic N) is 1. The first-order valence-corrected chi connectivity index (χ1v) is 3.23. The molecule has 11 heavy (non-hydrogen) atoms. The molecule has 0 atom stereocenters. The fraction of sp³-hybridized carbons (Fsp3) is 0.250. The molecule has 0 amide bonds. The number of rotatable bonds is 3. The first-order chi connectivity index (χ1) is 5.11. The van der Waals surface area contributed by atoms with Gasteiger partial charge in [0.1, 0.15) is 0 Å². The molecule has 0 N–H and O–H groups in total. The first-order valence-electron chi connectivity index (χ1n) is 3.23. The van der Waals surface area contributed by atoms with Gasteiger partial charge in [-0.15, -0.1) is 0 Å². The van der Waals surface area contributed by atoms with Gasteiger partial charge in [-0.05, 0) is 19.4 Å². The molecular weight excluding hydrogens is 142 g/mol. The van der Waals surface area contributed by atoms with Crippen LogP contribution in [0, 0.1) is 10.1 Å². The highest BCUT2D eigenvalue weighted by molar-refractivity contribution is 5.22. The molecule has 0 heterocycles. The van der Waals surface area contributed by atoms with Gasteiger partial charge in [-0.3, -0.25) is 10.1 Å². The SMILES string of the molecule is C=C/C(=C\C(C)=C\C)[N+](=O)[O-]. The van der Waals surface area contributed by atoms with Gasteiger partial charge in [0, 0.05) is 12.2 Å². The second-order valence-corrected chi connectivity index (χ2v) is 2.06. The number of hydrogen-bond acceptors (Lipinski definition) is 2. The zero-order valence-electron chi connectivity index (χ0n) is 6.70. The third-order valence-corrected chi connectivity index (χ3v) is 1.25. The predicted octanol–water partition coefficient (Wildman–Crippen LogP) is 2.30. The van der Waals surface area contributed by atoms with Gasteiger partial charge in [0.25, 0.3) is 5.70 Å². The minimum absolute atomic E-state index is 0.0283. The monoisotopic (exact) mass is 153 g/mol. The highest BCUT2D eigenvalue weighted by Gasteiger charge is 2.02. The third kappa shape index (κ3) is 3.35. The van der Waals surface area contributed by atoms with Gasteiger partial charge in [0.05, 0.1) is 4.92 Å². The van der Waals surface area contributed by atoms with E-state index in [0.29, 0.717) is 0 Å². The standard InChI is InChI=1S/C8H11NO2/c1-4-7(3)6-8(5-2)9(10)11/h4-6H,2H2,1,3H3/b7-4+,8-6+. The molecule has 0 aliphatic heterocycles. The summed E-state index contributed by atoms with van der Waals surface area (Å²) in [6.45, 7) is 6.96. The fourth-order valence-corrected chi connectivity index (χ4v) is 0.503. The molecule has 0 radical (unpaired) electrons. The molecule has 3 nitrogen and oxygen atoms in total. The summed E-state index contributed by atoms with van der Waals surface area (Å²) >= 11 is 0. The van der Waals surface area contributed by atoms with Crippen LogP contribution in [-0.2, 0) is 0 Å². The summed E-state index contributed by atoms with van der Waals surface area (Å²) in [5.41, 5.74) is 0.886. The van der Waals surface area contributed by atoms with E-state index >= 15 is 0 Å². The Morgan fingerprint density at radius 3 is 2.45 bits per heavy atom. The molecule has 0 aromatic rings. The van der Waals surface area contributed by atoms with Crippen LogP contribution in [0.2, 0.25) is 0 Å². The van der Waals surface area contributed by atoms with Gasteiger partial charge in [-0.1, -0.05) is 12.7 Å². The molecule has 0 saturated carbocycles. The Bertz CT molecular complexity index is 226. The Labute approximate surface area is 65.9 Å². The molecule has 0 bridgehead atoms. The van der Waals surface area contributed by atoms with Crippen molar-refractivity contribution in [2.75, 3.05) is 0 Å². The zero-order chi connectivity index (χ0) is 8.85. The number of hydrogen-bond donors (Lipinski definition) is 0. The lowest BCUT2D eigenvalue weighted by Crippen LogP contribution is -1.94. The second-order valence-electron chi connectivity index (χ2n) is 2.06. The Morgan fingerprint density at radius 1 is 1.64 bits per heavy atom. The average molecular weight is 153 g/mol. The first kappa shape index (κ1) is 9.62. The predicted molar refractivity (Wildman–Crippen MR) is 44.7 cm³/mol. The highest BCUT2D eigenvalue weighted by Crippen LogP contribution is 2.02. The summed E-state index contributed by atoms with van der Waals surface area (Å²) in [6.07, 6.45) is 4.51. The average Bonchev–Trinajstić information content (AvgIpc) is 1.99. The molecule has 0 aromatic carbocycles. The maximum Gasteiger partial charge on any atom is 0.269 e. The van der Waals surface area contributed by atoms with Crippen LogP contribution in [0.25, 0.3) is 0 Å². The molecule has 0 aliphatic carbocycles. The van der Waals surface area contributed by atoms with Crippen LogP contribution in [0.5, 0.6) is 0 Å². The van der Waals surface area contributed by atoms with Gasteiger partial charge in [-0.25, -0.2) is 0 Å². The van der Waals surface area contributed by atoms with E-state index in [1.807, 2.05) is 6.92 Å². The van der Waals surface area contributed by atoms with Crippen molar-refractivity contribution in [1.29, 1.82) is 0 Å². The number of allylic oxidation sites excluding steroid dienone is 4. The van der Waals surface area contributed by atoms with E-state index in [9.17, 15) is 10.1 Å².